The van der Waals surface area contributed by atoms with Gasteiger partial charge in [-0.3, -0.25) is 14.6 Å². The molecule has 184 valence electrons. The van der Waals surface area contributed by atoms with Gasteiger partial charge in [-0.2, -0.15) is 32.3 Å². The van der Waals surface area contributed by atoms with E-state index in [0.717, 1.165) is 16.0 Å². The number of hydrogen-bond donors (Lipinski definition) is 0. The second-order valence-corrected chi connectivity index (χ2v) is 8.73. The van der Waals surface area contributed by atoms with Gasteiger partial charge >= 0.3 is 0 Å². The lowest BCUT2D eigenvalue weighted by molar-refractivity contribution is -0.136. The average molecular weight is 536 g/mol. The Kier molecular flexibility index (Phi) is 9.29. The molecular formula is C25H24ClF2N3O2S2. The Balaban J connectivity index is 0.00000216. The molecule has 0 N–H and O–H groups in total. The van der Waals surface area contributed by atoms with Crippen LogP contribution in [0.5, 0.6) is 0 Å². The van der Waals surface area contributed by atoms with Crippen molar-refractivity contribution in [2.45, 2.75) is 31.7 Å². The number of pyridine rings is 1. The van der Waals surface area contributed by atoms with E-state index in [2.05, 4.69) is 4.98 Å². The van der Waals surface area contributed by atoms with E-state index >= 15 is 0 Å². The topological polar surface area (TPSA) is 74.1 Å². The van der Waals surface area contributed by atoms with Crippen molar-refractivity contribution in [2.75, 3.05) is 6.54 Å². The molecule has 0 saturated carbocycles. The van der Waals surface area contributed by atoms with Crippen LogP contribution in [0.15, 0.2) is 54.7 Å². The van der Waals surface area contributed by atoms with Crippen LogP contribution in [0, 0.1) is 17.2 Å². The van der Waals surface area contributed by atoms with Crippen molar-refractivity contribution in [3.8, 4) is 17.2 Å². The molecule has 2 aromatic carbocycles. The minimum Gasteiger partial charge on any atom is -0.320 e. The number of benzene rings is 2. The number of nitriles is 1. The Labute approximate surface area is 221 Å². The van der Waals surface area contributed by atoms with Gasteiger partial charge in [-0.1, -0.05) is 36.7 Å². The summed E-state index contributed by atoms with van der Waals surface area (Å²) in [4.78, 5) is 31.1. The van der Waals surface area contributed by atoms with Crippen molar-refractivity contribution in [3.63, 3.8) is 0 Å². The third-order valence-corrected chi connectivity index (χ3v) is 6.09. The average Bonchev–Trinajstić information content (AvgIpc) is 3.12. The number of ketones is 1. The first-order valence-electron chi connectivity index (χ1n) is 10.4. The molecule has 0 aliphatic carbocycles. The van der Waals surface area contributed by atoms with Gasteiger partial charge in [0.1, 0.15) is 6.04 Å². The summed E-state index contributed by atoms with van der Waals surface area (Å²) in [5.41, 5.74) is 2.83. The van der Waals surface area contributed by atoms with Crippen molar-refractivity contribution in [2.24, 2.45) is 5.92 Å². The number of hydrogen-bond acceptors (Lipinski definition) is 4. The van der Waals surface area contributed by atoms with Crippen molar-refractivity contribution in [1.82, 2.24) is 9.88 Å². The molecule has 2 atom stereocenters. The van der Waals surface area contributed by atoms with Crippen molar-refractivity contribution in [1.29, 1.82) is 5.26 Å². The largest absolute Gasteiger partial charge is 0.320 e. The Morgan fingerprint density at radius 1 is 1.17 bits per heavy atom. The Hall–Kier alpha value is -2.67. The number of carbonyl (C=O) groups is 2. The number of nitrogens with zero attached hydrogens (tertiary/aromatic N) is 3. The first-order valence-corrected chi connectivity index (χ1v) is 10.8. The SMILES string of the molecule is C[C@H](CC(=O)c1ccnc2ccc(-c3ccc(Cl)cc3)cc12)C(=O)N1CC(F)(F)C[C@H]1C#N.S.S. The Morgan fingerprint density at radius 3 is 2.49 bits per heavy atom. The van der Waals surface area contributed by atoms with E-state index in [1.54, 1.807) is 24.3 Å². The second kappa shape index (κ2) is 11.4. The molecule has 0 radical (unpaired) electrons. The molecular weight excluding hydrogens is 512 g/mol. The van der Waals surface area contributed by atoms with Crippen LogP contribution in [-0.4, -0.2) is 40.1 Å². The highest BCUT2D eigenvalue weighted by molar-refractivity contribution is 7.59. The zero-order valence-electron chi connectivity index (χ0n) is 18.8. The van der Waals surface area contributed by atoms with Gasteiger partial charge in [0.2, 0.25) is 5.91 Å². The van der Waals surface area contributed by atoms with Crippen molar-refractivity contribution < 1.29 is 18.4 Å². The first-order chi connectivity index (χ1) is 15.7. The number of alkyl halides is 2. The number of amides is 1. The Morgan fingerprint density at radius 2 is 1.83 bits per heavy atom. The van der Waals surface area contributed by atoms with Crippen molar-refractivity contribution >= 4 is 61.2 Å². The molecule has 2 heterocycles. The van der Waals surface area contributed by atoms with Gasteiger partial charge in [-0.15, -0.1) is 0 Å². The van der Waals surface area contributed by atoms with Crippen LogP contribution in [0.2, 0.25) is 5.02 Å². The highest BCUT2D eigenvalue weighted by atomic mass is 35.5. The number of Topliss-reactive ketones (excluding diaryl/α,β-unsaturated/α-hetero) is 1. The predicted molar refractivity (Wildman–Crippen MR) is 142 cm³/mol. The maximum atomic E-state index is 13.7. The third kappa shape index (κ3) is 6.13. The number of halogens is 3. The molecule has 3 aromatic rings. The maximum absolute atomic E-state index is 13.7. The predicted octanol–water partition coefficient (Wildman–Crippen LogP) is 5.75. The van der Waals surface area contributed by atoms with Crippen LogP contribution in [0.3, 0.4) is 0 Å². The van der Waals surface area contributed by atoms with Crippen molar-refractivity contribution in [3.05, 3.63) is 65.3 Å². The molecule has 1 aliphatic rings. The summed E-state index contributed by atoms with van der Waals surface area (Å²) in [7, 11) is 0. The molecule has 5 nitrogen and oxygen atoms in total. The van der Waals surface area contributed by atoms with E-state index in [9.17, 15) is 18.4 Å². The molecule has 1 aliphatic heterocycles. The van der Waals surface area contributed by atoms with E-state index in [4.69, 9.17) is 16.9 Å². The Bertz CT molecular complexity index is 1280. The fraction of sp³-hybridized carbons (Fsp3) is 0.280. The molecule has 35 heavy (non-hydrogen) atoms. The van der Waals surface area contributed by atoms with Gasteiger partial charge in [0, 0.05) is 40.9 Å². The van der Waals surface area contributed by atoms with Crippen LogP contribution in [0.1, 0.15) is 30.1 Å². The van der Waals surface area contributed by atoms with Crippen LogP contribution in [0.25, 0.3) is 22.0 Å². The van der Waals surface area contributed by atoms with Crippen LogP contribution < -0.4 is 0 Å². The number of fused-ring (bicyclic) bond motifs is 1. The summed E-state index contributed by atoms with van der Waals surface area (Å²) in [5.74, 6) is -4.85. The summed E-state index contributed by atoms with van der Waals surface area (Å²) in [6, 6.07) is 15.0. The fourth-order valence-electron chi connectivity index (χ4n) is 4.13. The summed E-state index contributed by atoms with van der Waals surface area (Å²) in [6.45, 7) is 0.721. The molecule has 1 amide bonds. The molecule has 1 fully saturated rings. The van der Waals surface area contributed by atoms with Crippen LogP contribution >= 0.6 is 38.6 Å². The first kappa shape index (κ1) is 28.6. The van der Waals surface area contributed by atoms with Gasteiger partial charge < -0.3 is 4.90 Å². The van der Waals surface area contributed by atoms with Gasteiger partial charge in [-0.05, 0) is 41.5 Å². The molecule has 0 bridgehead atoms. The van der Waals surface area contributed by atoms with Gasteiger partial charge in [0.05, 0.1) is 18.1 Å². The maximum Gasteiger partial charge on any atom is 0.268 e. The van der Waals surface area contributed by atoms with Gasteiger partial charge in [-0.25, -0.2) is 8.78 Å². The van der Waals surface area contributed by atoms with Gasteiger partial charge in [0.25, 0.3) is 5.92 Å². The van der Waals surface area contributed by atoms with Crippen LogP contribution in [0.4, 0.5) is 8.78 Å². The summed E-state index contributed by atoms with van der Waals surface area (Å²) >= 11 is 5.97. The quantitative estimate of drug-likeness (QED) is 0.390. The molecule has 4 rings (SSSR count). The zero-order valence-corrected chi connectivity index (χ0v) is 21.5. The minimum absolute atomic E-state index is 0. The number of rotatable bonds is 5. The van der Waals surface area contributed by atoms with E-state index < -0.39 is 36.8 Å². The summed E-state index contributed by atoms with van der Waals surface area (Å²) in [5, 5.41) is 10.4. The minimum atomic E-state index is -3.10. The lowest BCUT2D eigenvalue weighted by Gasteiger charge is -2.23. The number of aromatic nitrogens is 1. The van der Waals surface area contributed by atoms with Crippen LogP contribution in [-0.2, 0) is 4.79 Å². The van der Waals surface area contributed by atoms with E-state index in [1.165, 1.54) is 13.1 Å². The molecule has 0 unspecified atom stereocenters. The standard InChI is InChI=1S/C25H20ClF2N3O2.2H2S/c1-15(24(33)31-14-25(27,28)12-19(31)13-29)10-23(32)20-8-9-30-22-7-4-17(11-21(20)22)16-2-5-18(26)6-3-16;;/h2-9,11,15,19H,10,12,14H2,1H3;2*1H2/t15-,19+;;/m1../s1. The van der Waals surface area contributed by atoms with Gasteiger partial charge in [0.15, 0.2) is 5.78 Å². The lowest BCUT2D eigenvalue weighted by atomic mass is 9.94. The summed E-state index contributed by atoms with van der Waals surface area (Å²) < 4.78 is 27.5. The molecule has 10 heteroatoms. The van der Waals surface area contributed by atoms with E-state index in [-0.39, 0.29) is 39.2 Å². The van der Waals surface area contributed by atoms with E-state index in [0.29, 0.717) is 21.5 Å². The molecule has 0 spiro atoms. The number of likely N-dealkylation sites (tertiary alicyclic amines) is 1. The zero-order chi connectivity index (χ0) is 23.8. The monoisotopic (exact) mass is 535 g/mol. The number of carbonyl (C=O) groups excluding carboxylic acids is 2. The fourth-order valence-corrected chi connectivity index (χ4v) is 4.26. The normalized spacial score (nSPS) is 17.1. The third-order valence-electron chi connectivity index (χ3n) is 5.83. The highest BCUT2D eigenvalue weighted by Gasteiger charge is 2.48. The molecule has 1 aromatic heterocycles. The van der Waals surface area contributed by atoms with E-state index in [1.807, 2.05) is 30.3 Å². The summed E-state index contributed by atoms with van der Waals surface area (Å²) in [6.07, 6.45) is 0.679. The molecule has 1 saturated heterocycles. The second-order valence-electron chi connectivity index (χ2n) is 8.30. The highest BCUT2D eigenvalue weighted by Crippen LogP contribution is 2.33. The lowest BCUT2D eigenvalue weighted by Crippen LogP contribution is -2.39. The smallest absolute Gasteiger partial charge is 0.268 e.